The Labute approximate surface area is 149 Å². The Morgan fingerprint density at radius 1 is 1.04 bits per heavy atom. The molecule has 5 heteroatoms. The van der Waals surface area contributed by atoms with Crippen molar-refractivity contribution in [2.24, 2.45) is 0 Å². The lowest BCUT2D eigenvalue weighted by Gasteiger charge is -2.10. The molecule has 1 unspecified atom stereocenters. The number of fused-ring (bicyclic) bond motifs is 2. The highest BCUT2D eigenvalue weighted by Crippen LogP contribution is 2.27. The number of carbonyl (C=O) groups is 1. The third-order valence-corrected chi connectivity index (χ3v) is 4.88. The summed E-state index contributed by atoms with van der Waals surface area (Å²) in [6, 6.07) is 21.5. The van der Waals surface area contributed by atoms with Gasteiger partial charge < -0.3 is 9.73 Å². The summed E-state index contributed by atoms with van der Waals surface area (Å²) in [4.78, 5) is 16.9. The Kier molecular flexibility index (Phi) is 4.15. The number of nitrogens with one attached hydrogen (secondary N) is 1. The molecule has 124 valence electrons. The number of oxazole rings is 1. The van der Waals surface area contributed by atoms with E-state index >= 15 is 0 Å². The van der Waals surface area contributed by atoms with Crippen LogP contribution in [-0.4, -0.2) is 16.1 Å². The summed E-state index contributed by atoms with van der Waals surface area (Å²) in [5.41, 5.74) is 2.31. The normalized spacial score (nSPS) is 12.4. The zero-order valence-electron chi connectivity index (χ0n) is 13.6. The standard InChI is InChI=1S/C20H16N2O2S/c1-13(25-20-22-17-8-4-5-9-18(17)24-20)19(23)21-16-11-10-14-6-2-3-7-15(14)12-16/h2-13H,1H3,(H,21,23). The molecule has 0 aliphatic rings. The SMILES string of the molecule is CC(Sc1nc2ccccc2o1)C(=O)Nc1ccc2ccccc2c1. The molecule has 4 rings (SSSR count). The Bertz CT molecular complexity index is 1020. The van der Waals surface area contributed by atoms with E-state index in [9.17, 15) is 4.79 Å². The van der Waals surface area contributed by atoms with Crippen molar-refractivity contribution >= 4 is 45.2 Å². The maximum absolute atomic E-state index is 12.5. The summed E-state index contributed by atoms with van der Waals surface area (Å²) in [5.74, 6) is -0.0810. The molecule has 25 heavy (non-hydrogen) atoms. The second-order valence-electron chi connectivity index (χ2n) is 5.76. The minimum atomic E-state index is -0.320. The van der Waals surface area contributed by atoms with E-state index in [-0.39, 0.29) is 11.2 Å². The van der Waals surface area contributed by atoms with Crippen molar-refractivity contribution in [1.29, 1.82) is 0 Å². The predicted octanol–water partition coefficient (Wildman–Crippen LogP) is 5.10. The Morgan fingerprint density at radius 3 is 2.64 bits per heavy atom. The van der Waals surface area contributed by atoms with E-state index in [4.69, 9.17) is 4.42 Å². The molecule has 3 aromatic carbocycles. The monoisotopic (exact) mass is 348 g/mol. The average Bonchev–Trinajstić information content (AvgIpc) is 3.03. The van der Waals surface area contributed by atoms with Gasteiger partial charge >= 0.3 is 0 Å². The van der Waals surface area contributed by atoms with Crippen LogP contribution in [0.4, 0.5) is 5.69 Å². The number of thioether (sulfide) groups is 1. The molecule has 4 aromatic rings. The topological polar surface area (TPSA) is 55.1 Å². The van der Waals surface area contributed by atoms with Crippen molar-refractivity contribution in [3.8, 4) is 0 Å². The van der Waals surface area contributed by atoms with Crippen LogP contribution in [0.2, 0.25) is 0 Å². The van der Waals surface area contributed by atoms with Gasteiger partial charge in [-0.25, -0.2) is 4.98 Å². The Hall–Kier alpha value is -2.79. The molecule has 4 nitrogen and oxygen atoms in total. The van der Waals surface area contributed by atoms with E-state index in [2.05, 4.69) is 10.3 Å². The quantitative estimate of drug-likeness (QED) is 0.521. The van der Waals surface area contributed by atoms with Crippen LogP contribution in [0.15, 0.2) is 76.4 Å². The van der Waals surface area contributed by atoms with Crippen molar-refractivity contribution in [2.75, 3.05) is 5.32 Å². The van der Waals surface area contributed by atoms with Gasteiger partial charge in [0.1, 0.15) is 5.52 Å². The fraction of sp³-hybridized carbons (Fsp3) is 0.100. The highest BCUT2D eigenvalue weighted by atomic mass is 32.2. The molecule has 0 aliphatic heterocycles. The molecule has 1 atom stereocenters. The van der Waals surface area contributed by atoms with E-state index in [0.717, 1.165) is 27.6 Å². The number of para-hydroxylation sites is 2. The Balaban J connectivity index is 1.47. The zero-order chi connectivity index (χ0) is 17.2. The van der Waals surface area contributed by atoms with Crippen LogP contribution in [0, 0.1) is 0 Å². The second-order valence-corrected chi connectivity index (χ2v) is 7.05. The van der Waals surface area contributed by atoms with Gasteiger partial charge in [0.25, 0.3) is 5.22 Å². The van der Waals surface area contributed by atoms with Crippen molar-refractivity contribution in [1.82, 2.24) is 4.98 Å². The number of benzene rings is 3. The van der Waals surface area contributed by atoms with E-state index in [0.29, 0.717) is 5.22 Å². The number of aromatic nitrogens is 1. The highest BCUT2D eigenvalue weighted by molar-refractivity contribution is 8.00. The molecule has 0 spiro atoms. The lowest BCUT2D eigenvalue weighted by atomic mass is 10.1. The third-order valence-electron chi connectivity index (χ3n) is 3.94. The van der Waals surface area contributed by atoms with Gasteiger partial charge in [-0.3, -0.25) is 4.79 Å². The van der Waals surface area contributed by atoms with Crippen molar-refractivity contribution in [3.05, 3.63) is 66.7 Å². The van der Waals surface area contributed by atoms with Crippen molar-refractivity contribution in [2.45, 2.75) is 17.4 Å². The van der Waals surface area contributed by atoms with Crippen LogP contribution in [0.1, 0.15) is 6.92 Å². The number of carbonyl (C=O) groups excluding carboxylic acids is 1. The molecule has 1 N–H and O–H groups in total. The van der Waals surface area contributed by atoms with Gasteiger partial charge in [-0.05, 0) is 42.0 Å². The maximum Gasteiger partial charge on any atom is 0.257 e. The molecule has 0 fully saturated rings. The zero-order valence-corrected chi connectivity index (χ0v) is 14.4. The first-order valence-electron chi connectivity index (χ1n) is 8.01. The molecular weight excluding hydrogens is 332 g/mol. The molecule has 0 bridgehead atoms. The van der Waals surface area contributed by atoms with Crippen molar-refractivity contribution in [3.63, 3.8) is 0 Å². The number of hydrogen-bond acceptors (Lipinski definition) is 4. The van der Waals surface area contributed by atoms with Gasteiger partial charge in [-0.2, -0.15) is 0 Å². The van der Waals surface area contributed by atoms with Crippen LogP contribution < -0.4 is 5.32 Å². The molecule has 0 aliphatic carbocycles. The minimum Gasteiger partial charge on any atom is -0.431 e. The predicted molar refractivity (Wildman–Crippen MR) is 102 cm³/mol. The van der Waals surface area contributed by atoms with E-state index in [1.807, 2.05) is 73.7 Å². The fourth-order valence-corrected chi connectivity index (χ4v) is 3.37. The first-order valence-corrected chi connectivity index (χ1v) is 8.89. The molecule has 0 radical (unpaired) electrons. The number of hydrogen-bond donors (Lipinski definition) is 1. The highest BCUT2D eigenvalue weighted by Gasteiger charge is 2.18. The molecule has 1 amide bonds. The summed E-state index contributed by atoms with van der Waals surface area (Å²) < 4.78 is 5.67. The van der Waals surface area contributed by atoms with Gasteiger partial charge in [0, 0.05) is 5.69 Å². The van der Waals surface area contributed by atoms with Crippen molar-refractivity contribution < 1.29 is 9.21 Å². The smallest absolute Gasteiger partial charge is 0.257 e. The summed E-state index contributed by atoms with van der Waals surface area (Å²) in [5, 5.41) is 5.39. The van der Waals surface area contributed by atoms with Gasteiger partial charge in [0.05, 0.1) is 5.25 Å². The second kappa shape index (κ2) is 6.61. The van der Waals surface area contributed by atoms with E-state index in [1.54, 1.807) is 0 Å². The summed E-state index contributed by atoms with van der Waals surface area (Å²) in [7, 11) is 0. The van der Waals surface area contributed by atoms with Crippen LogP contribution in [0.25, 0.3) is 21.9 Å². The first-order chi connectivity index (χ1) is 12.2. The minimum absolute atomic E-state index is 0.0810. The van der Waals surface area contributed by atoms with Crippen LogP contribution in [-0.2, 0) is 4.79 Å². The van der Waals surface area contributed by atoms with Gasteiger partial charge in [0.2, 0.25) is 5.91 Å². The lowest BCUT2D eigenvalue weighted by molar-refractivity contribution is -0.115. The summed E-state index contributed by atoms with van der Waals surface area (Å²) in [6.45, 7) is 1.84. The van der Waals surface area contributed by atoms with E-state index in [1.165, 1.54) is 11.8 Å². The molecule has 0 saturated heterocycles. The Morgan fingerprint density at radius 2 is 1.80 bits per heavy atom. The number of nitrogens with zero attached hydrogens (tertiary/aromatic N) is 1. The largest absolute Gasteiger partial charge is 0.431 e. The van der Waals surface area contributed by atoms with Gasteiger partial charge in [0.15, 0.2) is 5.58 Å². The first kappa shape index (κ1) is 15.7. The number of amides is 1. The van der Waals surface area contributed by atoms with E-state index < -0.39 is 0 Å². The summed E-state index contributed by atoms with van der Waals surface area (Å²) >= 11 is 1.31. The third kappa shape index (κ3) is 3.37. The lowest BCUT2D eigenvalue weighted by Crippen LogP contribution is -2.22. The molecule has 1 heterocycles. The number of rotatable bonds is 4. The molecule has 0 saturated carbocycles. The average molecular weight is 348 g/mol. The van der Waals surface area contributed by atoms with Crippen LogP contribution >= 0.6 is 11.8 Å². The van der Waals surface area contributed by atoms with Gasteiger partial charge in [-0.1, -0.05) is 54.2 Å². The summed E-state index contributed by atoms with van der Waals surface area (Å²) in [6.07, 6.45) is 0. The van der Waals surface area contributed by atoms with Crippen LogP contribution in [0.3, 0.4) is 0 Å². The maximum atomic E-state index is 12.5. The van der Waals surface area contributed by atoms with Gasteiger partial charge in [-0.15, -0.1) is 0 Å². The molecule has 1 aromatic heterocycles. The fourth-order valence-electron chi connectivity index (χ4n) is 2.62. The van der Waals surface area contributed by atoms with Crippen LogP contribution in [0.5, 0.6) is 0 Å². The molecular formula is C20H16N2O2S. The number of anilines is 1.